The van der Waals surface area contributed by atoms with Gasteiger partial charge in [0.05, 0.1) is 5.52 Å². The Morgan fingerprint density at radius 3 is 2.33 bits per heavy atom. The molecule has 1 heterocycles. The van der Waals surface area contributed by atoms with Crippen LogP contribution >= 0.6 is 47.8 Å². The van der Waals surface area contributed by atoms with Gasteiger partial charge in [0.2, 0.25) is 0 Å². The second-order valence-corrected chi connectivity index (χ2v) is 7.36. The van der Waals surface area contributed by atoms with E-state index in [0.717, 1.165) is 14.3 Å². The van der Waals surface area contributed by atoms with E-state index < -0.39 is 10.1 Å². The lowest BCUT2D eigenvalue weighted by Gasteiger charge is -2.10. The van der Waals surface area contributed by atoms with Crippen LogP contribution in [-0.4, -0.2) is 18.0 Å². The number of aromatic nitrogens is 1. The Morgan fingerprint density at radius 1 is 1.17 bits per heavy atom. The summed E-state index contributed by atoms with van der Waals surface area (Å²) >= 11 is 10.1. The van der Waals surface area contributed by atoms with Crippen LogP contribution in [0.4, 0.5) is 0 Å². The predicted molar refractivity (Wildman–Crippen MR) is 79.4 cm³/mol. The first kappa shape index (κ1) is 14.4. The Balaban J connectivity index is 3.02. The highest BCUT2D eigenvalue weighted by Gasteiger charge is 2.21. The number of rotatable bonds is 1. The largest absolute Gasteiger partial charge is 0.312 e. The standard InChI is InChI=1S/C10H6Br3NO3S/c1-4-8(12)7-6(3-2-5(11)9(7)13)14-10(4)18(15,16)17/h2-3H,1H3,(H,15,16,17). The fourth-order valence-electron chi connectivity index (χ4n) is 1.57. The molecule has 0 fully saturated rings. The fraction of sp³-hybridized carbons (Fsp3) is 0.100. The van der Waals surface area contributed by atoms with Crippen LogP contribution in [0, 0.1) is 6.92 Å². The summed E-state index contributed by atoms with van der Waals surface area (Å²) < 4.78 is 33.8. The number of halogens is 3. The summed E-state index contributed by atoms with van der Waals surface area (Å²) in [4.78, 5) is 3.99. The van der Waals surface area contributed by atoms with Gasteiger partial charge in [-0.3, -0.25) is 4.55 Å². The van der Waals surface area contributed by atoms with Crippen molar-refractivity contribution in [1.82, 2.24) is 4.98 Å². The first-order valence-electron chi connectivity index (χ1n) is 4.64. The minimum atomic E-state index is -4.34. The van der Waals surface area contributed by atoms with E-state index in [0.29, 0.717) is 15.6 Å². The van der Waals surface area contributed by atoms with E-state index in [9.17, 15) is 8.42 Å². The lowest BCUT2D eigenvalue weighted by molar-refractivity contribution is 0.479. The number of hydrogen-bond acceptors (Lipinski definition) is 3. The van der Waals surface area contributed by atoms with Gasteiger partial charge >= 0.3 is 10.1 Å². The molecular formula is C10H6Br3NO3S. The van der Waals surface area contributed by atoms with Crippen LogP contribution in [0.1, 0.15) is 5.56 Å². The molecule has 0 spiro atoms. The monoisotopic (exact) mass is 457 g/mol. The van der Waals surface area contributed by atoms with Crippen LogP contribution in [-0.2, 0) is 10.1 Å². The highest BCUT2D eigenvalue weighted by molar-refractivity contribution is 9.13. The fourth-order valence-corrected chi connectivity index (χ4v) is 4.12. The van der Waals surface area contributed by atoms with Crippen LogP contribution in [0.2, 0.25) is 0 Å². The Hall–Kier alpha value is -0.0200. The van der Waals surface area contributed by atoms with Gasteiger partial charge in [-0.05, 0) is 66.8 Å². The topological polar surface area (TPSA) is 67.3 Å². The van der Waals surface area contributed by atoms with Crippen LogP contribution < -0.4 is 0 Å². The van der Waals surface area contributed by atoms with Gasteiger partial charge in [0.15, 0.2) is 5.03 Å². The van der Waals surface area contributed by atoms with E-state index in [1.54, 1.807) is 19.1 Å². The van der Waals surface area contributed by atoms with E-state index in [2.05, 4.69) is 52.8 Å². The van der Waals surface area contributed by atoms with Crippen molar-refractivity contribution >= 4 is 68.8 Å². The van der Waals surface area contributed by atoms with E-state index in [4.69, 9.17) is 4.55 Å². The maximum absolute atomic E-state index is 11.3. The highest BCUT2D eigenvalue weighted by Crippen LogP contribution is 2.38. The summed E-state index contributed by atoms with van der Waals surface area (Å²) in [5.41, 5.74) is 0.832. The quantitative estimate of drug-likeness (QED) is 0.652. The molecule has 0 saturated carbocycles. The van der Waals surface area contributed by atoms with Crippen LogP contribution in [0.5, 0.6) is 0 Å². The molecule has 0 unspecified atom stereocenters. The van der Waals surface area contributed by atoms with Crippen LogP contribution in [0.25, 0.3) is 10.9 Å². The van der Waals surface area contributed by atoms with Crippen molar-refractivity contribution in [2.75, 3.05) is 0 Å². The number of hydrogen-bond donors (Lipinski definition) is 1. The molecule has 2 rings (SSSR count). The molecule has 0 radical (unpaired) electrons. The smallest absolute Gasteiger partial charge is 0.281 e. The first-order valence-corrected chi connectivity index (χ1v) is 8.46. The SMILES string of the molecule is Cc1c(S(=O)(=O)O)nc2ccc(Br)c(Br)c2c1Br. The van der Waals surface area contributed by atoms with E-state index in [-0.39, 0.29) is 5.03 Å². The third-order valence-electron chi connectivity index (χ3n) is 2.41. The molecule has 0 bridgehead atoms. The minimum absolute atomic E-state index is 0.337. The van der Waals surface area contributed by atoms with Gasteiger partial charge in [0.25, 0.3) is 0 Å². The van der Waals surface area contributed by atoms with Crippen LogP contribution in [0.15, 0.2) is 30.6 Å². The molecule has 1 N–H and O–H groups in total. The maximum atomic E-state index is 11.3. The van der Waals surface area contributed by atoms with Crippen molar-refractivity contribution in [2.45, 2.75) is 11.9 Å². The second kappa shape index (κ2) is 4.82. The zero-order valence-corrected chi connectivity index (χ0v) is 14.5. The van der Waals surface area contributed by atoms with Gasteiger partial charge in [0, 0.05) is 24.4 Å². The third-order valence-corrected chi connectivity index (χ3v) is 6.30. The molecule has 0 saturated heterocycles. The first-order chi connectivity index (χ1) is 8.23. The number of benzene rings is 1. The Labute approximate surface area is 129 Å². The molecule has 18 heavy (non-hydrogen) atoms. The van der Waals surface area contributed by atoms with Gasteiger partial charge in [-0.1, -0.05) is 0 Å². The molecule has 1 aromatic carbocycles. The van der Waals surface area contributed by atoms with Gasteiger partial charge < -0.3 is 0 Å². The average Bonchev–Trinajstić information content (AvgIpc) is 2.26. The minimum Gasteiger partial charge on any atom is -0.281 e. The van der Waals surface area contributed by atoms with Crippen molar-refractivity contribution < 1.29 is 13.0 Å². The van der Waals surface area contributed by atoms with Crippen molar-refractivity contribution in [3.8, 4) is 0 Å². The Bertz CT molecular complexity index is 759. The number of pyridine rings is 1. The zero-order chi connectivity index (χ0) is 13.7. The Morgan fingerprint density at radius 2 is 1.78 bits per heavy atom. The van der Waals surface area contributed by atoms with Crippen molar-refractivity contribution in [3.63, 3.8) is 0 Å². The summed E-state index contributed by atoms with van der Waals surface area (Å²) in [5.74, 6) is 0. The third kappa shape index (κ3) is 2.36. The summed E-state index contributed by atoms with van der Waals surface area (Å²) in [6.07, 6.45) is 0. The van der Waals surface area contributed by atoms with Gasteiger partial charge in [-0.2, -0.15) is 8.42 Å². The van der Waals surface area contributed by atoms with Gasteiger partial charge in [-0.15, -0.1) is 0 Å². The summed E-state index contributed by atoms with van der Waals surface area (Å²) in [7, 11) is -4.34. The van der Waals surface area contributed by atoms with Crippen LogP contribution in [0.3, 0.4) is 0 Å². The van der Waals surface area contributed by atoms with Crippen molar-refractivity contribution in [3.05, 3.63) is 31.1 Å². The highest BCUT2D eigenvalue weighted by atomic mass is 79.9. The van der Waals surface area contributed by atoms with E-state index >= 15 is 0 Å². The predicted octanol–water partition coefficient (Wildman–Crippen LogP) is 4.08. The molecule has 0 amide bonds. The number of fused-ring (bicyclic) bond motifs is 1. The molecule has 1 aromatic heterocycles. The molecule has 8 heteroatoms. The normalized spacial score (nSPS) is 12.1. The molecule has 0 aliphatic carbocycles. The number of nitrogens with zero attached hydrogens (tertiary/aromatic N) is 1. The molecule has 2 aromatic rings. The van der Waals surface area contributed by atoms with Gasteiger partial charge in [-0.25, -0.2) is 4.98 Å². The Kier molecular flexibility index (Phi) is 3.86. The van der Waals surface area contributed by atoms with Gasteiger partial charge in [0.1, 0.15) is 0 Å². The second-order valence-electron chi connectivity index (χ2n) is 3.59. The van der Waals surface area contributed by atoms with Crippen molar-refractivity contribution in [2.24, 2.45) is 0 Å². The lowest BCUT2D eigenvalue weighted by Crippen LogP contribution is -2.05. The summed E-state index contributed by atoms with van der Waals surface area (Å²) in [5, 5.41) is 0.408. The molecular weight excluding hydrogens is 454 g/mol. The molecule has 0 aliphatic heterocycles. The molecule has 0 atom stereocenters. The maximum Gasteiger partial charge on any atom is 0.312 e. The van der Waals surface area contributed by atoms with E-state index in [1.165, 1.54) is 0 Å². The van der Waals surface area contributed by atoms with Crippen molar-refractivity contribution in [1.29, 1.82) is 0 Å². The zero-order valence-electron chi connectivity index (χ0n) is 8.91. The van der Waals surface area contributed by atoms with E-state index in [1.807, 2.05) is 0 Å². The summed E-state index contributed by atoms with van der Waals surface area (Å²) in [6.45, 7) is 1.58. The average molecular weight is 460 g/mol. The molecule has 0 aliphatic rings. The molecule has 96 valence electrons. The summed E-state index contributed by atoms with van der Waals surface area (Å²) in [6, 6.07) is 3.41. The lowest BCUT2D eigenvalue weighted by atomic mass is 10.2. The molecule has 4 nitrogen and oxygen atoms in total.